The van der Waals surface area contributed by atoms with Crippen molar-refractivity contribution in [3.8, 4) is 0 Å². The fraction of sp³-hybridized carbons (Fsp3) is 0.429. The van der Waals surface area contributed by atoms with E-state index in [1.54, 1.807) is 0 Å². The summed E-state index contributed by atoms with van der Waals surface area (Å²) in [6.45, 7) is 0.773. The van der Waals surface area contributed by atoms with Crippen molar-refractivity contribution in [1.82, 2.24) is 5.32 Å². The molecule has 1 aliphatic heterocycles. The highest BCUT2D eigenvalue weighted by Gasteiger charge is 2.36. The van der Waals surface area contributed by atoms with Crippen LogP contribution in [0.3, 0.4) is 0 Å². The molecular weight excluding hydrogens is 301 g/mol. The molecule has 2 N–H and O–H groups in total. The van der Waals surface area contributed by atoms with Gasteiger partial charge in [-0.25, -0.2) is 4.39 Å². The Morgan fingerprint density at radius 2 is 2.05 bits per heavy atom. The predicted octanol–water partition coefficient (Wildman–Crippen LogP) is 2.23. The zero-order valence-electron chi connectivity index (χ0n) is 11.2. The Kier molecular flexibility index (Phi) is 4.80. The molecule has 0 saturated carbocycles. The van der Waals surface area contributed by atoms with Gasteiger partial charge in [-0.15, -0.1) is 0 Å². The molecule has 1 fully saturated rings. The lowest BCUT2D eigenvalue weighted by Gasteiger charge is -2.36. The maximum absolute atomic E-state index is 13.1. The number of carboxylic acid groups (broad SMARTS) is 1. The van der Waals surface area contributed by atoms with E-state index in [-0.39, 0.29) is 17.0 Å². The van der Waals surface area contributed by atoms with Gasteiger partial charge >= 0.3 is 5.97 Å². The topological polar surface area (TPSA) is 75.6 Å². The van der Waals surface area contributed by atoms with Crippen LogP contribution in [0.1, 0.15) is 29.6 Å². The van der Waals surface area contributed by atoms with Gasteiger partial charge in [0.1, 0.15) is 5.82 Å². The number of carbonyl (C=O) groups is 2. The van der Waals surface area contributed by atoms with Crippen molar-refractivity contribution in [2.24, 2.45) is 0 Å². The third-order valence-corrected chi connectivity index (χ3v) is 3.79. The summed E-state index contributed by atoms with van der Waals surface area (Å²) in [5, 5.41) is 11.6. The van der Waals surface area contributed by atoms with E-state index in [1.807, 2.05) is 0 Å². The molecule has 2 rings (SSSR count). The first kappa shape index (κ1) is 15.7. The Morgan fingerprint density at radius 3 is 2.62 bits per heavy atom. The molecule has 0 spiro atoms. The number of carboxylic acids is 1. The van der Waals surface area contributed by atoms with Crippen molar-refractivity contribution in [1.29, 1.82) is 0 Å². The maximum Gasteiger partial charge on any atom is 0.305 e. The van der Waals surface area contributed by atoms with E-state index in [2.05, 4.69) is 5.32 Å². The average molecular weight is 316 g/mol. The third-order valence-electron chi connectivity index (χ3n) is 3.50. The summed E-state index contributed by atoms with van der Waals surface area (Å²) in [5.74, 6) is -2.08. The Balaban J connectivity index is 2.17. The average Bonchev–Trinajstić information content (AvgIpc) is 2.41. The van der Waals surface area contributed by atoms with Crippen molar-refractivity contribution in [3.05, 3.63) is 34.6 Å². The first-order chi connectivity index (χ1) is 9.92. The molecule has 0 unspecified atom stereocenters. The number of carbonyl (C=O) groups excluding carboxylic acids is 1. The quantitative estimate of drug-likeness (QED) is 0.893. The first-order valence-corrected chi connectivity index (χ1v) is 6.87. The number of rotatable bonds is 4. The second-order valence-electron chi connectivity index (χ2n) is 5.05. The highest BCUT2D eigenvalue weighted by molar-refractivity contribution is 6.31. The van der Waals surface area contributed by atoms with E-state index in [0.29, 0.717) is 26.1 Å². The van der Waals surface area contributed by atoms with Crippen LogP contribution in [0.5, 0.6) is 0 Å². The molecule has 1 heterocycles. The number of amides is 1. The zero-order chi connectivity index (χ0) is 15.5. The minimum Gasteiger partial charge on any atom is -0.481 e. The Bertz CT molecular complexity index is 558. The monoisotopic (exact) mass is 315 g/mol. The predicted molar refractivity (Wildman–Crippen MR) is 73.9 cm³/mol. The van der Waals surface area contributed by atoms with Gasteiger partial charge < -0.3 is 15.2 Å². The Morgan fingerprint density at radius 1 is 1.38 bits per heavy atom. The Hall–Kier alpha value is -1.66. The highest BCUT2D eigenvalue weighted by Crippen LogP contribution is 2.25. The summed E-state index contributed by atoms with van der Waals surface area (Å²) in [6.07, 6.45) is 0.650. The number of ether oxygens (including phenoxy) is 1. The minimum atomic E-state index is -0.991. The van der Waals surface area contributed by atoms with Crippen LogP contribution in [-0.4, -0.2) is 35.7 Å². The van der Waals surface area contributed by atoms with Crippen molar-refractivity contribution in [2.75, 3.05) is 13.2 Å². The van der Waals surface area contributed by atoms with Gasteiger partial charge in [-0.3, -0.25) is 9.59 Å². The lowest BCUT2D eigenvalue weighted by Crippen LogP contribution is -2.53. The van der Waals surface area contributed by atoms with E-state index < -0.39 is 23.2 Å². The number of hydrogen-bond donors (Lipinski definition) is 2. The normalized spacial score (nSPS) is 17.2. The standard InChI is InChI=1S/C14H15ClFNO4/c15-10-7-9(1-2-11(10)16)13(20)17-14(8-12(18)19)3-5-21-6-4-14/h1-2,7H,3-6,8H2,(H,17,20)(H,18,19). The molecule has 1 saturated heterocycles. The van der Waals surface area contributed by atoms with Gasteiger partial charge in [0.2, 0.25) is 0 Å². The molecule has 1 aliphatic rings. The molecular formula is C14H15ClFNO4. The molecule has 114 valence electrons. The van der Waals surface area contributed by atoms with Gasteiger partial charge in [0.15, 0.2) is 0 Å². The third kappa shape index (κ3) is 3.92. The van der Waals surface area contributed by atoms with Crippen LogP contribution in [0, 0.1) is 5.82 Å². The zero-order valence-corrected chi connectivity index (χ0v) is 12.0. The molecule has 1 amide bonds. The molecule has 1 aromatic carbocycles. The number of halogens is 2. The lowest BCUT2D eigenvalue weighted by atomic mass is 9.86. The molecule has 0 bridgehead atoms. The summed E-state index contributed by atoms with van der Waals surface area (Å²) in [5.41, 5.74) is -0.653. The second-order valence-corrected chi connectivity index (χ2v) is 5.45. The Labute approximate surface area is 126 Å². The molecule has 0 radical (unpaired) electrons. The maximum atomic E-state index is 13.1. The van der Waals surface area contributed by atoms with Crippen molar-refractivity contribution >= 4 is 23.5 Å². The largest absolute Gasteiger partial charge is 0.481 e. The van der Waals surface area contributed by atoms with E-state index in [4.69, 9.17) is 21.4 Å². The molecule has 0 aliphatic carbocycles. The van der Waals surface area contributed by atoms with Crippen LogP contribution in [-0.2, 0) is 9.53 Å². The van der Waals surface area contributed by atoms with Crippen LogP contribution in [0.4, 0.5) is 4.39 Å². The van der Waals surface area contributed by atoms with Gasteiger partial charge in [0.05, 0.1) is 17.0 Å². The lowest BCUT2D eigenvalue weighted by molar-refractivity contribution is -0.139. The number of aliphatic carboxylic acids is 1. The van der Waals surface area contributed by atoms with E-state index in [1.165, 1.54) is 12.1 Å². The van der Waals surface area contributed by atoms with Crippen LogP contribution in [0.25, 0.3) is 0 Å². The summed E-state index contributed by atoms with van der Waals surface area (Å²) in [7, 11) is 0. The van der Waals surface area contributed by atoms with Crippen molar-refractivity contribution < 1.29 is 23.8 Å². The molecule has 5 nitrogen and oxygen atoms in total. The second kappa shape index (κ2) is 6.41. The van der Waals surface area contributed by atoms with Gasteiger partial charge in [-0.2, -0.15) is 0 Å². The van der Waals surface area contributed by atoms with Crippen LogP contribution in [0.2, 0.25) is 5.02 Å². The summed E-state index contributed by atoms with van der Waals surface area (Å²) in [6, 6.07) is 3.63. The van der Waals surface area contributed by atoms with Crippen LogP contribution >= 0.6 is 11.6 Å². The van der Waals surface area contributed by atoms with Gasteiger partial charge in [0.25, 0.3) is 5.91 Å². The summed E-state index contributed by atoms with van der Waals surface area (Å²) >= 11 is 5.65. The van der Waals surface area contributed by atoms with Crippen LogP contribution < -0.4 is 5.32 Å². The van der Waals surface area contributed by atoms with E-state index >= 15 is 0 Å². The number of benzene rings is 1. The molecule has 7 heteroatoms. The highest BCUT2D eigenvalue weighted by atomic mass is 35.5. The van der Waals surface area contributed by atoms with E-state index in [0.717, 1.165) is 6.07 Å². The van der Waals surface area contributed by atoms with Crippen molar-refractivity contribution in [3.63, 3.8) is 0 Å². The summed E-state index contributed by atoms with van der Waals surface area (Å²) in [4.78, 5) is 23.3. The number of hydrogen-bond acceptors (Lipinski definition) is 3. The fourth-order valence-electron chi connectivity index (χ4n) is 2.35. The molecule has 1 aromatic rings. The smallest absolute Gasteiger partial charge is 0.305 e. The summed E-state index contributed by atoms with van der Waals surface area (Å²) < 4.78 is 18.3. The fourth-order valence-corrected chi connectivity index (χ4v) is 2.53. The van der Waals surface area contributed by atoms with Gasteiger partial charge in [-0.1, -0.05) is 11.6 Å². The van der Waals surface area contributed by atoms with Gasteiger partial charge in [0, 0.05) is 18.8 Å². The van der Waals surface area contributed by atoms with Gasteiger partial charge in [-0.05, 0) is 31.0 Å². The van der Waals surface area contributed by atoms with Crippen LogP contribution in [0.15, 0.2) is 18.2 Å². The first-order valence-electron chi connectivity index (χ1n) is 6.49. The minimum absolute atomic E-state index is 0.151. The molecule has 0 atom stereocenters. The SMILES string of the molecule is O=C(O)CC1(NC(=O)c2ccc(F)c(Cl)c2)CCOCC1. The molecule has 21 heavy (non-hydrogen) atoms. The van der Waals surface area contributed by atoms with Crippen molar-refractivity contribution in [2.45, 2.75) is 24.8 Å². The van der Waals surface area contributed by atoms with E-state index in [9.17, 15) is 14.0 Å². The number of nitrogens with one attached hydrogen (secondary N) is 1. The molecule has 0 aromatic heterocycles.